The highest BCUT2D eigenvalue weighted by Gasteiger charge is 2.02. The summed E-state index contributed by atoms with van der Waals surface area (Å²) in [5, 5.41) is -0.402. The summed E-state index contributed by atoms with van der Waals surface area (Å²) in [5.74, 6) is 0. The van der Waals surface area contributed by atoms with Crippen LogP contribution in [-0.2, 0) is 6.54 Å². The van der Waals surface area contributed by atoms with Gasteiger partial charge in [0.25, 0.3) is 5.24 Å². The van der Waals surface area contributed by atoms with E-state index in [9.17, 15) is 4.79 Å². The number of rotatable bonds is 3. The molecule has 13 heavy (non-hydrogen) atoms. The Hall–Kier alpha value is -0.860. The number of benzene rings is 1. The lowest BCUT2D eigenvalue weighted by molar-refractivity contribution is 0.108. The van der Waals surface area contributed by atoms with Crippen LogP contribution in [-0.4, -0.2) is 24.2 Å². The molecule has 1 aromatic carbocycles. The lowest BCUT2D eigenvalue weighted by Gasteiger charge is -2.09. The van der Waals surface area contributed by atoms with Crippen molar-refractivity contribution in [2.75, 3.05) is 14.1 Å². The second-order valence-electron chi connectivity index (χ2n) is 3.21. The van der Waals surface area contributed by atoms with Gasteiger partial charge in [0.05, 0.1) is 0 Å². The maximum atomic E-state index is 10.8. The van der Waals surface area contributed by atoms with Crippen LogP contribution in [0.4, 0.5) is 0 Å². The Bertz CT molecular complexity index is 310. The van der Waals surface area contributed by atoms with Crippen LogP contribution < -0.4 is 0 Å². The highest BCUT2D eigenvalue weighted by atomic mass is 35.5. The molecule has 0 fully saturated rings. The van der Waals surface area contributed by atoms with Gasteiger partial charge in [-0.1, -0.05) is 18.2 Å². The Kier molecular flexibility index (Phi) is 3.46. The minimum absolute atomic E-state index is 0.402. The quantitative estimate of drug-likeness (QED) is 0.692. The van der Waals surface area contributed by atoms with Crippen LogP contribution in [0.1, 0.15) is 15.9 Å². The van der Waals surface area contributed by atoms with E-state index >= 15 is 0 Å². The van der Waals surface area contributed by atoms with Gasteiger partial charge >= 0.3 is 0 Å². The Balaban J connectivity index is 2.85. The van der Waals surface area contributed by atoms with Crippen molar-refractivity contribution < 1.29 is 4.79 Å². The first-order valence-corrected chi connectivity index (χ1v) is 4.41. The molecule has 0 radical (unpaired) electrons. The summed E-state index contributed by atoms with van der Waals surface area (Å²) in [6.45, 7) is 0.817. The summed E-state index contributed by atoms with van der Waals surface area (Å²) in [5.41, 5.74) is 1.65. The predicted octanol–water partition coefficient (Wildman–Crippen LogP) is 2.13. The summed E-state index contributed by atoms with van der Waals surface area (Å²) >= 11 is 5.36. The van der Waals surface area contributed by atoms with E-state index in [1.807, 2.05) is 37.2 Å². The van der Waals surface area contributed by atoms with Crippen molar-refractivity contribution in [1.29, 1.82) is 0 Å². The molecule has 0 saturated heterocycles. The first-order chi connectivity index (χ1) is 6.09. The molecule has 70 valence electrons. The highest BCUT2D eigenvalue weighted by molar-refractivity contribution is 6.67. The molecule has 0 amide bonds. The van der Waals surface area contributed by atoms with Crippen molar-refractivity contribution in [3.8, 4) is 0 Å². The van der Waals surface area contributed by atoms with Gasteiger partial charge in [0.15, 0.2) is 0 Å². The molecule has 0 aromatic heterocycles. The molecule has 0 aliphatic heterocycles. The molecule has 1 rings (SSSR count). The van der Waals surface area contributed by atoms with Gasteiger partial charge in [-0.2, -0.15) is 0 Å². The molecular weight excluding hydrogens is 186 g/mol. The summed E-state index contributed by atoms with van der Waals surface area (Å²) in [6.07, 6.45) is 0. The van der Waals surface area contributed by atoms with Crippen molar-refractivity contribution in [2.24, 2.45) is 0 Å². The Morgan fingerprint density at radius 3 is 2.69 bits per heavy atom. The molecule has 0 atom stereocenters. The average molecular weight is 198 g/mol. The molecule has 1 aromatic rings. The van der Waals surface area contributed by atoms with Crippen LogP contribution in [0.15, 0.2) is 24.3 Å². The van der Waals surface area contributed by atoms with E-state index in [-0.39, 0.29) is 0 Å². The van der Waals surface area contributed by atoms with E-state index in [4.69, 9.17) is 11.6 Å². The fourth-order valence-electron chi connectivity index (χ4n) is 1.16. The predicted molar refractivity (Wildman–Crippen MR) is 54.0 cm³/mol. The van der Waals surface area contributed by atoms with Gasteiger partial charge in [-0.25, -0.2) is 0 Å². The van der Waals surface area contributed by atoms with Crippen LogP contribution in [0.25, 0.3) is 0 Å². The van der Waals surface area contributed by atoms with Crippen molar-refractivity contribution in [3.63, 3.8) is 0 Å². The summed E-state index contributed by atoms with van der Waals surface area (Å²) in [4.78, 5) is 12.9. The Morgan fingerprint density at radius 1 is 1.46 bits per heavy atom. The Morgan fingerprint density at radius 2 is 2.15 bits per heavy atom. The number of nitrogens with zero attached hydrogens (tertiary/aromatic N) is 1. The zero-order chi connectivity index (χ0) is 9.84. The van der Waals surface area contributed by atoms with Crippen molar-refractivity contribution in [3.05, 3.63) is 35.4 Å². The molecule has 0 unspecified atom stereocenters. The molecule has 3 heteroatoms. The van der Waals surface area contributed by atoms with E-state index in [0.29, 0.717) is 5.56 Å². The van der Waals surface area contributed by atoms with Gasteiger partial charge in [-0.3, -0.25) is 4.79 Å². The number of hydrogen-bond acceptors (Lipinski definition) is 2. The number of carbonyl (C=O) groups is 1. The minimum atomic E-state index is -0.402. The van der Waals surface area contributed by atoms with E-state index in [1.54, 1.807) is 6.07 Å². The zero-order valence-corrected chi connectivity index (χ0v) is 8.51. The third-order valence-corrected chi connectivity index (χ3v) is 1.87. The highest BCUT2D eigenvalue weighted by Crippen LogP contribution is 2.09. The number of hydrogen-bond donors (Lipinski definition) is 0. The van der Waals surface area contributed by atoms with E-state index in [1.165, 1.54) is 0 Å². The van der Waals surface area contributed by atoms with Crippen molar-refractivity contribution in [2.45, 2.75) is 6.54 Å². The number of halogens is 1. The maximum Gasteiger partial charge on any atom is 0.252 e. The van der Waals surface area contributed by atoms with Crippen molar-refractivity contribution >= 4 is 16.8 Å². The zero-order valence-electron chi connectivity index (χ0n) is 7.75. The SMILES string of the molecule is CN(C)Cc1cccc(C(=O)Cl)c1. The molecule has 0 heterocycles. The molecule has 0 N–H and O–H groups in total. The first-order valence-electron chi connectivity index (χ1n) is 4.03. The molecule has 0 bridgehead atoms. The smallest absolute Gasteiger partial charge is 0.252 e. The molecule has 0 aliphatic rings. The standard InChI is InChI=1S/C10H12ClNO/c1-12(2)7-8-4-3-5-9(6-8)10(11)13/h3-6H,7H2,1-2H3. The summed E-state index contributed by atoms with van der Waals surface area (Å²) < 4.78 is 0. The minimum Gasteiger partial charge on any atom is -0.305 e. The normalized spacial score (nSPS) is 10.5. The fourth-order valence-corrected chi connectivity index (χ4v) is 1.27. The van der Waals surface area contributed by atoms with Crippen LogP contribution >= 0.6 is 11.6 Å². The van der Waals surface area contributed by atoms with Gasteiger partial charge in [0, 0.05) is 12.1 Å². The molecule has 0 saturated carbocycles. The van der Waals surface area contributed by atoms with Crippen LogP contribution in [0.2, 0.25) is 0 Å². The van der Waals surface area contributed by atoms with Crippen LogP contribution in [0.5, 0.6) is 0 Å². The first kappa shape index (κ1) is 10.2. The topological polar surface area (TPSA) is 20.3 Å². The fraction of sp³-hybridized carbons (Fsp3) is 0.300. The largest absolute Gasteiger partial charge is 0.305 e. The maximum absolute atomic E-state index is 10.8. The molecule has 0 spiro atoms. The van der Waals surface area contributed by atoms with Gasteiger partial charge in [0.2, 0.25) is 0 Å². The molecule has 0 aliphatic carbocycles. The van der Waals surface area contributed by atoms with E-state index in [0.717, 1.165) is 12.1 Å². The van der Waals surface area contributed by atoms with Gasteiger partial charge in [-0.15, -0.1) is 0 Å². The lowest BCUT2D eigenvalue weighted by atomic mass is 10.1. The van der Waals surface area contributed by atoms with Gasteiger partial charge in [0.1, 0.15) is 0 Å². The molecular formula is C10H12ClNO. The second-order valence-corrected chi connectivity index (χ2v) is 3.56. The van der Waals surface area contributed by atoms with Crippen LogP contribution in [0, 0.1) is 0 Å². The molecule has 2 nitrogen and oxygen atoms in total. The third kappa shape index (κ3) is 3.17. The average Bonchev–Trinajstić information content (AvgIpc) is 2.03. The van der Waals surface area contributed by atoms with E-state index < -0.39 is 5.24 Å². The van der Waals surface area contributed by atoms with Gasteiger partial charge < -0.3 is 4.90 Å². The van der Waals surface area contributed by atoms with Crippen LogP contribution in [0.3, 0.4) is 0 Å². The summed E-state index contributed by atoms with van der Waals surface area (Å²) in [7, 11) is 3.96. The Labute approximate surface area is 83.1 Å². The van der Waals surface area contributed by atoms with E-state index in [2.05, 4.69) is 0 Å². The third-order valence-electron chi connectivity index (χ3n) is 1.65. The number of carbonyl (C=O) groups excluding carboxylic acids is 1. The van der Waals surface area contributed by atoms with Crippen molar-refractivity contribution in [1.82, 2.24) is 4.90 Å². The van der Waals surface area contributed by atoms with Gasteiger partial charge in [-0.05, 0) is 37.3 Å². The second kappa shape index (κ2) is 4.40. The summed E-state index contributed by atoms with van der Waals surface area (Å²) in [6, 6.07) is 7.35. The lowest BCUT2D eigenvalue weighted by Crippen LogP contribution is -2.10. The monoisotopic (exact) mass is 197 g/mol.